The predicted molar refractivity (Wildman–Crippen MR) is 71.7 cm³/mol. The molecule has 4 heteroatoms. The van der Waals surface area contributed by atoms with Crippen LogP contribution in [0.2, 0.25) is 5.15 Å². The number of halogens is 1. The highest BCUT2D eigenvalue weighted by molar-refractivity contribution is 6.30. The third-order valence-electron chi connectivity index (χ3n) is 3.71. The fraction of sp³-hybridized carbons (Fsp3) is 0.692. The molecular formula is C13H20ClN3. The first-order chi connectivity index (χ1) is 8.02. The zero-order valence-corrected chi connectivity index (χ0v) is 11.8. The van der Waals surface area contributed by atoms with Crippen molar-refractivity contribution in [2.75, 3.05) is 18.0 Å². The average molecular weight is 254 g/mol. The lowest BCUT2D eigenvalue weighted by Gasteiger charge is -2.20. The Labute approximate surface area is 108 Å². The van der Waals surface area contributed by atoms with Crippen molar-refractivity contribution in [3.05, 3.63) is 16.5 Å². The summed E-state index contributed by atoms with van der Waals surface area (Å²) in [5.74, 6) is 3.29. The maximum Gasteiger partial charge on any atom is 0.137 e. The van der Waals surface area contributed by atoms with Gasteiger partial charge in [-0.2, -0.15) is 0 Å². The average Bonchev–Trinajstić information content (AvgIpc) is 2.62. The Bertz CT molecular complexity index is 409. The molecule has 2 heterocycles. The van der Waals surface area contributed by atoms with Gasteiger partial charge in [-0.1, -0.05) is 32.4 Å². The van der Waals surface area contributed by atoms with E-state index in [-0.39, 0.29) is 0 Å². The topological polar surface area (TPSA) is 29.0 Å². The van der Waals surface area contributed by atoms with Gasteiger partial charge in [-0.3, -0.25) is 0 Å². The second-order valence-corrected chi connectivity index (χ2v) is 5.45. The van der Waals surface area contributed by atoms with E-state index in [4.69, 9.17) is 11.6 Å². The Kier molecular flexibility index (Phi) is 3.57. The van der Waals surface area contributed by atoms with Crippen molar-refractivity contribution in [2.45, 2.75) is 34.1 Å². The lowest BCUT2D eigenvalue weighted by atomic mass is 10.0. The van der Waals surface area contributed by atoms with Crippen molar-refractivity contribution in [1.29, 1.82) is 0 Å². The highest BCUT2D eigenvalue weighted by Gasteiger charge is 2.28. The zero-order valence-electron chi connectivity index (χ0n) is 11.0. The van der Waals surface area contributed by atoms with E-state index in [0.29, 0.717) is 17.0 Å². The van der Waals surface area contributed by atoms with Gasteiger partial charge in [-0.05, 0) is 18.8 Å². The molecule has 1 aliphatic rings. The summed E-state index contributed by atoms with van der Waals surface area (Å²) in [6, 6.07) is 0. The maximum absolute atomic E-state index is 6.17. The summed E-state index contributed by atoms with van der Waals surface area (Å²) in [6.07, 6.45) is 0.825. The molecule has 1 aromatic rings. The van der Waals surface area contributed by atoms with Gasteiger partial charge in [0, 0.05) is 25.1 Å². The Balaban J connectivity index is 2.35. The van der Waals surface area contributed by atoms with Crippen LogP contribution in [0.1, 0.15) is 32.2 Å². The first kappa shape index (κ1) is 12.6. The molecule has 1 aromatic heterocycles. The molecule has 0 bridgehead atoms. The van der Waals surface area contributed by atoms with Crippen molar-refractivity contribution in [1.82, 2.24) is 9.97 Å². The van der Waals surface area contributed by atoms with E-state index in [1.165, 1.54) is 0 Å². The quantitative estimate of drug-likeness (QED) is 0.759. The van der Waals surface area contributed by atoms with Crippen LogP contribution in [0.5, 0.6) is 0 Å². The minimum Gasteiger partial charge on any atom is -0.356 e. The van der Waals surface area contributed by atoms with Crippen LogP contribution < -0.4 is 4.90 Å². The van der Waals surface area contributed by atoms with Crippen molar-refractivity contribution in [2.24, 2.45) is 11.8 Å². The molecule has 94 valence electrons. The first-order valence-corrected chi connectivity index (χ1v) is 6.68. The smallest absolute Gasteiger partial charge is 0.137 e. The van der Waals surface area contributed by atoms with Crippen LogP contribution in [0.15, 0.2) is 0 Å². The van der Waals surface area contributed by atoms with Crippen LogP contribution in [0.25, 0.3) is 0 Å². The summed E-state index contributed by atoms with van der Waals surface area (Å²) < 4.78 is 0. The zero-order chi connectivity index (χ0) is 12.6. The molecule has 0 saturated carbocycles. The van der Waals surface area contributed by atoms with Gasteiger partial charge in [0.15, 0.2) is 0 Å². The molecule has 1 saturated heterocycles. The number of aromatic nitrogens is 2. The highest BCUT2D eigenvalue weighted by atomic mass is 35.5. The highest BCUT2D eigenvalue weighted by Crippen LogP contribution is 2.30. The van der Waals surface area contributed by atoms with E-state index in [1.807, 2.05) is 6.92 Å². The Morgan fingerprint density at radius 2 is 1.82 bits per heavy atom. The molecule has 0 aromatic carbocycles. The van der Waals surface area contributed by atoms with Crippen LogP contribution in [0.4, 0.5) is 5.82 Å². The number of anilines is 1. The summed E-state index contributed by atoms with van der Waals surface area (Å²) >= 11 is 6.17. The normalized spacial score (nSPS) is 24.4. The molecule has 0 amide bonds. The van der Waals surface area contributed by atoms with E-state index < -0.39 is 0 Å². The Hall–Kier alpha value is -0.830. The van der Waals surface area contributed by atoms with Crippen LogP contribution in [0.3, 0.4) is 0 Å². The monoisotopic (exact) mass is 253 g/mol. The van der Waals surface area contributed by atoms with E-state index in [1.54, 1.807) is 0 Å². The fourth-order valence-corrected chi connectivity index (χ4v) is 2.47. The van der Waals surface area contributed by atoms with Crippen molar-refractivity contribution < 1.29 is 0 Å². The summed E-state index contributed by atoms with van der Waals surface area (Å²) in [4.78, 5) is 11.3. The summed E-state index contributed by atoms with van der Waals surface area (Å²) in [7, 11) is 0. The van der Waals surface area contributed by atoms with E-state index in [0.717, 1.165) is 36.7 Å². The Morgan fingerprint density at radius 3 is 2.35 bits per heavy atom. The van der Waals surface area contributed by atoms with Gasteiger partial charge in [0.25, 0.3) is 0 Å². The van der Waals surface area contributed by atoms with Gasteiger partial charge >= 0.3 is 0 Å². The fourth-order valence-electron chi connectivity index (χ4n) is 2.29. The molecule has 2 rings (SSSR count). The maximum atomic E-state index is 6.17. The van der Waals surface area contributed by atoms with E-state index in [2.05, 4.69) is 35.6 Å². The van der Waals surface area contributed by atoms with E-state index in [9.17, 15) is 0 Å². The number of hydrogen-bond acceptors (Lipinski definition) is 3. The van der Waals surface area contributed by atoms with Crippen molar-refractivity contribution in [3.63, 3.8) is 0 Å². The van der Waals surface area contributed by atoms with Gasteiger partial charge in [-0.25, -0.2) is 9.97 Å². The molecule has 17 heavy (non-hydrogen) atoms. The lowest BCUT2D eigenvalue weighted by molar-refractivity contribution is 0.494. The molecule has 2 unspecified atom stereocenters. The molecule has 1 fully saturated rings. The third kappa shape index (κ3) is 2.39. The summed E-state index contributed by atoms with van der Waals surface area (Å²) in [5, 5.41) is 0.596. The number of rotatable bonds is 2. The number of aryl methyl sites for hydroxylation is 1. The molecular weight excluding hydrogens is 234 g/mol. The minimum absolute atomic E-state index is 0.596. The summed E-state index contributed by atoms with van der Waals surface area (Å²) in [5.41, 5.74) is 1.00. The van der Waals surface area contributed by atoms with Gasteiger partial charge in [0.1, 0.15) is 16.8 Å². The molecule has 0 spiro atoms. The van der Waals surface area contributed by atoms with Gasteiger partial charge in [0.05, 0.1) is 0 Å². The minimum atomic E-state index is 0.596. The molecule has 3 nitrogen and oxygen atoms in total. The van der Waals surface area contributed by atoms with Gasteiger partial charge in [-0.15, -0.1) is 0 Å². The SMILES string of the molecule is CCc1nc(Cl)c(C)c(N2CC(C)C(C)C2)n1. The number of hydrogen-bond donors (Lipinski definition) is 0. The van der Waals surface area contributed by atoms with Gasteiger partial charge in [0.2, 0.25) is 0 Å². The predicted octanol–water partition coefficient (Wildman–Crippen LogP) is 3.09. The van der Waals surface area contributed by atoms with Crippen LogP contribution in [-0.4, -0.2) is 23.1 Å². The van der Waals surface area contributed by atoms with Crippen LogP contribution >= 0.6 is 11.6 Å². The van der Waals surface area contributed by atoms with Crippen LogP contribution in [0, 0.1) is 18.8 Å². The van der Waals surface area contributed by atoms with Crippen LogP contribution in [-0.2, 0) is 6.42 Å². The Morgan fingerprint density at radius 1 is 1.24 bits per heavy atom. The lowest BCUT2D eigenvalue weighted by Crippen LogP contribution is -2.23. The summed E-state index contributed by atoms with van der Waals surface area (Å²) in [6.45, 7) is 10.8. The van der Waals surface area contributed by atoms with Crippen molar-refractivity contribution in [3.8, 4) is 0 Å². The largest absolute Gasteiger partial charge is 0.356 e. The van der Waals surface area contributed by atoms with Gasteiger partial charge < -0.3 is 4.90 Å². The molecule has 0 aliphatic carbocycles. The standard InChI is InChI=1S/C13H20ClN3/c1-5-11-15-12(14)10(4)13(16-11)17-6-8(2)9(3)7-17/h8-9H,5-7H2,1-4H3. The second-order valence-electron chi connectivity index (χ2n) is 5.09. The molecule has 0 N–H and O–H groups in total. The molecule has 0 radical (unpaired) electrons. The first-order valence-electron chi connectivity index (χ1n) is 6.30. The molecule has 1 aliphatic heterocycles. The third-order valence-corrected chi connectivity index (χ3v) is 4.08. The molecule has 2 atom stereocenters. The second kappa shape index (κ2) is 4.81. The number of nitrogens with zero attached hydrogens (tertiary/aromatic N) is 3. The van der Waals surface area contributed by atoms with E-state index >= 15 is 0 Å². The van der Waals surface area contributed by atoms with Crippen molar-refractivity contribution >= 4 is 17.4 Å².